The van der Waals surface area contributed by atoms with Gasteiger partial charge in [0.15, 0.2) is 0 Å². The third kappa shape index (κ3) is 3.93. The van der Waals surface area contributed by atoms with Gasteiger partial charge in [-0.05, 0) is 38.3 Å². The minimum absolute atomic E-state index is 0.113. The molecule has 0 radical (unpaired) electrons. The van der Waals surface area contributed by atoms with E-state index < -0.39 is 0 Å². The summed E-state index contributed by atoms with van der Waals surface area (Å²) < 4.78 is 0. The van der Waals surface area contributed by atoms with E-state index in [1.807, 2.05) is 31.2 Å². The third-order valence-electron chi connectivity index (χ3n) is 4.14. The molecule has 114 valence electrons. The fourth-order valence-electron chi connectivity index (χ4n) is 2.78. The first-order chi connectivity index (χ1) is 10.1. The standard InChI is InChI=1S/C16H21ClN2OS/c1-11(21-15-5-3-2-4-14(15)17)16(20)18-12-8-9-19(10-12)13-6-7-13/h2-5,11-13H,6-10H2,1H3,(H,18,20)/t11-,12+/m1/s1. The van der Waals surface area contributed by atoms with Crippen LogP contribution in [0.1, 0.15) is 26.2 Å². The summed E-state index contributed by atoms with van der Waals surface area (Å²) in [6.45, 7) is 4.08. The number of nitrogens with zero attached hydrogens (tertiary/aromatic N) is 1. The molecule has 1 aliphatic carbocycles. The molecule has 3 nitrogen and oxygen atoms in total. The number of nitrogens with one attached hydrogen (secondary N) is 1. The van der Waals surface area contributed by atoms with E-state index in [9.17, 15) is 4.79 Å². The summed E-state index contributed by atoms with van der Waals surface area (Å²) in [5.74, 6) is 0.113. The molecule has 1 saturated carbocycles. The number of thioether (sulfide) groups is 1. The Balaban J connectivity index is 1.49. The van der Waals surface area contributed by atoms with Crippen molar-refractivity contribution in [1.82, 2.24) is 10.2 Å². The van der Waals surface area contributed by atoms with E-state index in [2.05, 4.69) is 10.2 Å². The van der Waals surface area contributed by atoms with Gasteiger partial charge < -0.3 is 5.32 Å². The Bertz CT molecular complexity index is 521. The van der Waals surface area contributed by atoms with Crippen molar-refractivity contribution in [3.63, 3.8) is 0 Å². The topological polar surface area (TPSA) is 32.3 Å². The Labute approximate surface area is 135 Å². The highest BCUT2D eigenvalue weighted by Gasteiger charge is 2.35. The maximum atomic E-state index is 12.3. The molecule has 0 aromatic heterocycles. The van der Waals surface area contributed by atoms with Gasteiger partial charge in [0, 0.05) is 30.1 Å². The summed E-state index contributed by atoms with van der Waals surface area (Å²) in [4.78, 5) is 15.8. The zero-order chi connectivity index (χ0) is 14.8. The molecule has 1 N–H and O–H groups in total. The number of rotatable bonds is 5. The summed E-state index contributed by atoms with van der Waals surface area (Å²) in [5, 5.41) is 3.77. The molecule has 1 heterocycles. The van der Waals surface area contributed by atoms with E-state index in [1.165, 1.54) is 24.6 Å². The highest BCUT2D eigenvalue weighted by molar-refractivity contribution is 8.00. The normalized spacial score (nSPS) is 24.0. The van der Waals surface area contributed by atoms with Crippen LogP contribution in [0, 0.1) is 0 Å². The van der Waals surface area contributed by atoms with Crippen molar-refractivity contribution in [2.24, 2.45) is 0 Å². The molecule has 0 unspecified atom stereocenters. The van der Waals surface area contributed by atoms with Crippen LogP contribution in [0.25, 0.3) is 0 Å². The molecule has 1 aromatic rings. The van der Waals surface area contributed by atoms with Crippen molar-refractivity contribution in [2.75, 3.05) is 13.1 Å². The second-order valence-corrected chi connectivity index (χ2v) is 7.70. The van der Waals surface area contributed by atoms with Crippen molar-refractivity contribution in [3.05, 3.63) is 29.3 Å². The predicted molar refractivity (Wildman–Crippen MR) is 87.9 cm³/mol. The smallest absolute Gasteiger partial charge is 0.233 e. The number of hydrogen-bond donors (Lipinski definition) is 1. The lowest BCUT2D eigenvalue weighted by Gasteiger charge is -2.18. The van der Waals surface area contributed by atoms with Crippen molar-refractivity contribution < 1.29 is 4.79 Å². The number of halogens is 1. The lowest BCUT2D eigenvalue weighted by molar-refractivity contribution is -0.120. The molecule has 2 aliphatic rings. The van der Waals surface area contributed by atoms with Gasteiger partial charge in [-0.15, -0.1) is 11.8 Å². The number of carbonyl (C=O) groups excluding carboxylic acids is 1. The fraction of sp³-hybridized carbons (Fsp3) is 0.562. The van der Waals surface area contributed by atoms with Gasteiger partial charge in [0.1, 0.15) is 0 Å². The average molecular weight is 325 g/mol. The number of carbonyl (C=O) groups is 1. The maximum absolute atomic E-state index is 12.3. The summed E-state index contributed by atoms with van der Waals surface area (Å²) in [6.07, 6.45) is 3.74. The van der Waals surface area contributed by atoms with Crippen molar-refractivity contribution in [3.8, 4) is 0 Å². The molecule has 2 fully saturated rings. The van der Waals surface area contributed by atoms with Crippen molar-refractivity contribution >= 4 is 29.3 Å². The zero-order valence-electron chi connectivity index (χ0n) is 12.2. The minimum Gasteiger partial charge on any atom is -0.351 e. The Morgan fingerprint density at radius 1 is 1.38 bits per heavy atom. The fourth-order valence-corrected chi connectivity index (χ4v) is 3.94. The Morgan fingerprint density at radius 3 is 2.86 bits per heavy atom. The van der Waals surface area contributed by atoms with Crippen LogP contribution in [0.4, 0.5) is 0 Å². The number of benzene rings is 1. The van der Waals surface area contributed by atoms with Crippen LogP contribution in [0.15, 0.2) is 29.2 Å². The van der Waals surface area contributed by atoms with Crippen molar-refractivity contribution in [1.29, 1.82) is 0 Å². The largest absolute Gasteiger partial charge is 0.351 e. The monoisotopic (exact) mass is 324 g/mol. The van der Waals surface area contributed by atoms with Gasteiger partial charge in [0.05, 0.1) is 10.3 Å². The van der Waals surface area contributed by atoms with Crippen LogP contribution in [0.3, 0.4) is 0 Å². The van der Waals surface area contributed by atoms with Gasteiger partial charge in [-0.2, -0.15) is 0 Å². The first-order valence-electron chi connectivity index (χ1n) is 7.59. The summed E-state index contributed by atoms with van der Waals surface area (Å²) in [6, 6.07) is 8.78. The molecule has 1 amide bonds. The van der Waals surface area contributed by atoms with Gasteiger partial charge in [-0.3, -0.25) is 9.69 Å². The Hall–Kier alpha value is -0.710. The lowest BCUT2D eigenvalue weighted by atomic mass is 10.2. The number of amides is 1. The molecule has 3 rings (SSSR count). The van der Waals surface area contributed by atoms with Gasteiger partial charge in [-0.1, -0.05) is 23.7 Å². The average Bonchev–Trinajstić information content (AvgIpc) is 3.22. The molecule has 0 spiro atoms. The van der Waals surface area contributed by atoms with Gasteiger partial charge >= 0.3 is 0 Å². The quantitative estimate of drug-likeness (QED) is 0.844. The highest BCUT2D eigenvalue weighted by atomic mass is 35.5. The third-order valence-corrected chi connectivity index (χ3v) is 5.76. The van der Waals surface area contributed by atoms with E-state index in [1.54, 1.807) is 0 Å². The van der Waals surface area contributed by atoms with E-state index in [-0.39, 0.29) is 11.2 Å². The SMILES string of the molecule is C[C@@H](Sc1ccccc1Cl)C(=O)N[C@H]1CCN(C2CC2)C1. The molecule has 2 atom stereocenters. The predicted octanol–water partition coefficient (Wildman–Crippen LogP) is 3.17. The molecule has 5 heteroatoms. The molecular formula is C16H21ClN2OS. The summed E-state index contributed by atoms with van der Waals surface area (Å²) in [7, 11) is 0. The Morgan fingerprint density at radius 2 is 2.14 bits per heavy atom. The van der Waals surface area contributed by atoms with E-state index in [0.29, 0.717) is 11.1 Å². The zero-order valence-corrected chi connectivity index (χ0v) is 13.8. The number of likely N-dealkylation sites (tertiary alicyclic amines) is 1. The first-order valence-corrected chi connectivity index (χ1v) is 8.85. The second-order valence-electron chi connectivity index (χ2n) is 5.91. The van der Waals surface area contributed by atoms with Crippen LogP contribution in [0.5, 0.6) is 0 Å². The molecule has 0 bridgehead atoms. The molecule has 1 saturated heterocycles. The van der Waals surface area contributed by atoms with Gasteiger partial charge in [0.2, 0.25) is 5.91 Å². The van der Waals surface area contributed by atoms with Crippen LogP contribution in [-0.4, -0.2) is 41.2 Å². The van der Waals surface area contributed by atoms with Gasteiger partial charge in [0.25, 0.3) is 0 Å². The highest BCUT2D eigenvalue weighted by Crippen LogP contribution is 2.31. The second kappa shape index (κ2) is 6.59. The summed E-state index contributed by atoms with van der Waals surface area (Å²) in [5.41, 5.74) is 0. The molecule has 1 aromatic carbocycles. The van der Waals surface area contributed by atoms with E-state index in [0.717, 1.165) is 30.4 Å². The molecular weight excluding hydrogens is 304 g/mol. The van der Waals surface area contributed by atoms with Crippen LogP contribution in [-0.2, 0) is 4.79 Å². The van der Waals surface area contributed by atoms with Crippen LogP contribution >= 0.6 is 23.4 Å². The summed E-state index contributed by atoms with van der Waals surface area (Å²) >= 11 is 7.67. The van der Waals surface area contributed by atoms with E-state index >= 15 is 0 Å². The van der Waals surface area contributed by atoms with Crippen LogP contribution in [0.2, 0.25) is 5.02 Å². The van der Waals surface area contributed by atoms with Gasteiger partial charge in [-0.25, -0.2) is 0 Å². The Kier molecular flexibility index (Phi) is 4.77. The lowest BCUT2D eigenvalue weighted by Crippen LogP contribution is -2.41. The molecule has 1 aliphatic heterocycles. The van der Waals surface area contributed by atoms with E-state index in [4.69, 9.17) is 11.6 Å². The van der Waals surface area contributed by atoms with Crippen molar-refractivity contribution in [2.45, 2.75) is 48.4 Å². The minimum atomic E-state index is -0.125. The van der Waals surface area contributed by atoms with Crippen LogP contribution < -0.4 is 5.32 Å². The first kappa shape index (κ1) is 15.2. The number of hydrogen-bond acceptors (Lipinski definition) is 3. The molecule has 21 heavy (non-hydrogen) atoms. The maximum Gasteiger partial charge on any atom is 0.233 e.